The van der Waals surface area contributed by atoms with Crippen LogP contribution in [-0.4, -0.2) is 15.0 Å². The van der Waals surface area contributed by atoms with Crippen LogP contribution < -0.4 is 0 Å². The van der Waals surface area contributed by atoms with E-state index in [4.69, 9.17) is 4.98 Å². The minimum absolute atomic E-state index is 0. The number of benzene rings is 6. The van der Waals surface area contributed by atoms with Gasteiger partial charge < -0.3 is 9.97 Å². The van der Waals surface area contributed by atoms with Gasteiger partial charge in [0.15, 0.2) is 0 Å². The van der Waals surface area contributed by atoms with Crippen LogP contribution in [0.3, 0.4) is 0 Å². The molecule has 0 saturated heterocycles. The van der Waals surface area contributed by atoms with Crippen molar-refractivity contribution < 1.29 is 20.1 Å². The van der Waals surface area contributed by atoms with Crippen LogP contribution in [0.15, 0.2) is 183 Å². The van der Waals surface area contributed by atoms with Gasteiger partial charge in [-0.15, -0.1) is 71.3 Å². The fraction of sp³-hybridized carbons (Fsp3) is 0.0577. The third kappa shape index (κ3) is 8.33. The molecule has 1 radical (unpaired) electrons. The molecule has 0 aliphatic carbocycles. The number of aryl methyl sites for hydroxylation is 3. The molecule has 0 fully saturated rings. The number of hydrogen-bond acceptors (Lipinski definition) is 3. The van der Waals surface area contributed by atoms with Crippen LogP contribution in [0.25, 0.3) is 77.8 Å². The zero-order chi connectivity index (χ0) is 37.6. The predicted molar refractivity (Wildman–Crippen MR) is 228 cm³/mol. The first-order chi connectivity index (χ1) is 27.0. The summed E-state index contributed by atoms with van der Waals surface area (Å²) in [6.07, 6.45) is 7.70. The zero-order valence-corrected chi connectivity index (χ0v) is 33.9. The maximum absolute atomic E-state index is 4.79. The molecule has 273 valence electrons. The minimum atomic E-state index is 0. The van der Waals surface area contributed by atoms with Crippen molar-refractivity contribution in [2.24, 2.45) is 0 Å². The Morgan fingerprint density at radius 1 is 0.411 bits per heavy atom. The molecule has 9 aromatic rings. The Hall–Kier alpha value is -6.32. The molecule has 0 amide bonds. The number of nitrogens with zero attached hydrogens (tertiary/aromatic N) is 3. The maximum atomic E-state index is 4.79. The number of fused-ring (bicyclic) bond motifs is 1. The van der Waals surface area contributed by atoms with E-state index in [1.54, 1.807) is 0 Å². The number of hydrogen-bond donors (Lipinski definition) is 0. The molecular weight excluding hydrogens is 859 g/mol. The third-order valence-electron chi connectivity index (χ3n) is 9.76. The second-order valence-corrected chi connectivity index (χ2v) is 13.8. The summed E-state index contributed by atoms with van der Waals surface area (Å²) in [5.74, 6) is 0. The quantitative estimate of drug-likeness (QED) is 0.156. The Morgan fingerprint density at radius 2 is 1.00 bits per heavy atom. The van der Waals surface area contributed by atoms with Crippen LogP contribution in [0.2, 0.25) is 0 Å². The zero-order valence-electron chi connectivity index (χ0n) is 31.5. The average molecular weight is 898 g/mol. The van der Waals surface area contributed by atoms with Crippen molar-refractivity contribution in [2.45, 2.75) is 20.8 Å². The summed E-state index contributed by atoms with van der Waals surface area (Å²) in [5, 5.41) is 2.31. The Kier molecular flexibility index (Phi) is 11.8. The first-order valence-electron chi connectivity index (χ1n) is 18.5. The maximum Gasteiger partial charge on any atom is 0.0353 e. The second kappa shape index (κ2) is 17.4. The molecular formula is C52H39IrN3-2. The standard InChI is InChI=1S/C40H29N2.C12H10N.Ir/c1-27-16-17-34(36(22-27)29-10-5-3-6-11-29)35-19-18-33(31-14-9-15-32(24-31)39-23-28(2)20-21-42-39)40-37(25-41-26-38(35)40)30-12-7-4-8-13-30;1-10-7-8-13-12(9-10)11-5-3-2-4-6-11;/h3-14,16-26H,1-2H3;2-5,7-9H,1H3;/q2*-1;. The van der Waals surface area contributed by atoms with E-state index in [1.807, 2.05) is 67.3 Å². The molecule has 3 aromatic heterocycles. The van der Waals surface area contributed by atoms with Gasteiger partial charge in [-0.25, -0.2) is 0 Å². The third-order valence-corrected chi connectivity index (χ3v) is 9.76. The Bertz CT molecular complexity index is 2730. The summed E-state index contributed by atoms with van der Waals surface area (Å²) in [6.45, 7) is 6.31. The van der Waals surface area contributed by atoms with Gasteiger partial charge in [-0.05, 0) is 83.1 Å². The van der Waals surface area contributed by atoms with Gasteiger partial charge in [-0.1, -0.05) is 120 Å². The number of rotatable bonds is 6. The van der Waals surface area contributed by atoms with Crippen molar-refractivity contribution in [1.29, 1.82) is 0 Å². The van der Waals surface area contributed by atoms with Gasteiger partial charge in [0.1, 0.15) is 0 Å². The molecule has 0 aliphatic heterocycles. The van der Waals surface area contributed by atoms with Gasteiger partial charge >= 0.3 is 0 Å². The predicted octanol–water partition coefficient (Wildman–Crippen LogP) is 13.2. The molecule has 0 unspecified atom stereocenters. The molecule has 0 spiro atoms. The van der Waals surface area contributed by atoms with E-state index >= 15 is 0 Å². The van der Waals surface area contributed by atoms with E-state index in [0.717, 1.165) is 50.2 Å². The van der Waals surface area contributed by atoms with Crippen molar-refractivity contribution in [3.8, 4) is 67.0 Å². The van der Waals surface area contributed by atoms with E-state index in [1.165, 1.54) is 44.3 Å². The molecule has 3 heterocycles. The first kappa shape index (κ1) is 38.0. The van der Waals surface area contributed by atoms with E-state index in [9.17, 15) is 0 Å². The fourth-order valence-corrected chi connectivity index (χ4v) is 7.06. The van der Waals surface area contributed by atoms with Gasteiger partial charge in [0.25, 0.3) is 0 Å². The van der Waals surface area contributed by atoms with Crippen molar-refractivity contribution in [3.05, 3.63) is 211 Å². The van der Waals surface area contributed by atoms with Crippen molar-refractivity contribution in [2.75, 3.05) is 0 Å². The molecule has 4 heteroatoms. The molecule has 0 N–H and O–H groups in total. The normalized spacial score (nSPS) is 10.6. The van der Waals surface area contributed by atoms with E-state index in [2.05, 4.69) is 158 Å². The molecule has 9 rings (SSSR count). The molecule has 0 saturated carbocycles. The van der Waals surface area contributed by atoms with Crippen LogP contribution in [0, 0.1) is 32.9 Å². The monoisotopic (exact) mass is 898 g/mol. The summed E-state index contributed by atoms with van der Waals surface area (Å²) >= 11 is 0. The molecule has 0 atom stereocenters. The van der Waals surface area contributed by atoms with Crippen LogP contribution >= 0.6 is 0 Å². The molecule has 6 aromatic carbocycles. The number of pyridine rings is 3. The molecule has 0 bridgehead atoms. The van der Waals surface area contributed by atoms with Crippen LogP contribution in [-0.2, 0) is 20.1 Å². The van der Waals surface area contributed by atoms with Crippen LogP contribution in [0.1, 0.15) is 16.7 Å². The molecule has 56 heavy (non-hydrogen) atoms. The fourth-order valence-electron chi connectivity index (χ4n) is 7.06. The topological polar surface area (TPSA) is 38.7 Å². The Balaban J connectivity index is 0.000000291. The molecule has 3 nitrogen and oxygen atoms in total. The van der Waals surface area contributed by atoms with Gasteiger partial charge in [-0.2, -0.15) is 0 Å². The summed E-state index contributed by atoms with van der Waals surface area (Å²) in [4.78, 5) is 13.7. The molecule has 0 aliphatic rings. The Labute approximate surface area is 343 Å². The summed E-state index contributed by atoms with van der Waals surface area (Å²) in [7, 11) is 0. The largest absolute Gasteiger partial charge is 0.305 e. The smallest absolute Gasteiger partial charge is 0.0353 e. The SMILES string of the molecule is Cc1ccnc(-c2[c-]ccc(-c3ccc(-c4ccc(C)cc4-c4ccccc4)c4cncc(-c5ccccc5)c34)c2)c1.Cc1ccnc(-c2[c-]cccc2)c1.[Ir]. The van der Waals surface area contributed by atoms with Gasteiger partial charge in [-0.3, -0.25) is 4.98 Å². The van der Waals surface area contributed by atoms with Crippen LogP contribution in [0.5, 0.6) is 0 Å². The first-order valence-corrected chi connectivity index (χ1v) is 18.5. The Morgan fingerprint density at radius 3 is 1.66 bits per heavy atom. The summed E-state index contributed by atoms with van der Waals surface area (Å²) < 4.78 is 0. The number of aromatic nitrogens is 3. The van der Waals surface area contributed by atoms with Crippen molar-refractivity contribution in [1.82, 2.24) is 15.0 Å². The van der Waals surface area contributed by atoms with Crippen LogP contribution in [0.4, 0.5) is 0 Å². The van der Waals surface area contributed by atoms with Gasteiger partial charge in [0, 0.05) is 55.8 Å². The van der Waals surface area contributed by atoms with Crippen molar-refractivity contribution >= 4 is 10.8 Å². The van der Waals surface area contributed by atoms with Crippen molar-refractivity contribution in [3.63, 3.8) is 0 Å². The summed E-state index contributed by atoms with van der Waals surface area (Å²) in [6, 6.07) is 61.4. The van der Waals surface area contributed by atoms with Gasteiger partial charge in [0.2, 0.25) is 0 Å². The minimum Gasteiger partial charge on any atom is -0.305 e. The average Bonchev–Trinajstić information content (AvgIpc) is 3.24. The second-order valence-electron chi connectivity index (χ2n) is 13.8. The van der Waals surface area contributed by atoms with E-state index in [-0.39, 0.29) is 20.1 Å². The van der Waals surface area contributed by atoms with E-state index < -0.39 is 0 Å². The van der Waals surface area contributed by atoms with E-state index in [0.29, 0.717) is 0 Å². The summed E-state index contributed by atoms with van der Waals surface area (Å²) in [5.41, 5.74) is 16.9. The van der Waals surface area contributed by atoms with Gasteiger partial charge in [0.05, 0.1) is 0 Å².